The fourth-order valence-electron chi connectivity index (χ4n) is 5.17. The van der Waals surface area contributed by atoms with Crippen molar-refractivity contribution in [2.45, 2.75) is 50.7 Å². The zero-order chi connectivity index (χ0) is 23.1. The van der Waals surface area contributed by atoms with Gasteiger partial charge in [0, 0.05) is 25.1 Å². The van der Waals surface area contributed by atoms with Crippen LogP contribution in [0.1, 0.15) is 58.6 Å². The molecule has 8 heteroatoms. The summed E-state index contributed by atoms with van der Waals surface area (Å²) in [6, 6.07) is 10.4. The molecule has 2 fully saturated rings. The van der Waals surface area contributed by atoms with Crippen molar-refractivity contribution in [2.75, 3.05) is 13.1 Å². The quantitative estimate of drug-likeness (QED) is 0.694. The summed E-state index contributed by atoms with van der Waals surface area (Å²) in [7, 11) is 0. The third kappa shape index (κ3) is 4.39. The van der Waals surface area contributed by atoms with E-state index in [0.717, 1.165) is 37.1 Å². The molecule has 0 aromatic heterocycles. The highest BCUT2D eigenvalue weighted by Crippen LogP contribution is 2.34. The van der Waals surface area contributed by atoms with Gasteiger partial charge < -0.3 is 4.90 Å². The number of halogens is 2. The molecule has 1 unspecified atom stereocenters. The van der Waals surface area contributed by atoms with Crippen LogP contribution in [0.2, 0.25) is 5.02 Å². The minimum atomic E-state index is -0.591. The zero-order valence-corrected chi connectivity index (χ0v) is 18.9. The zero-order valence-electron chi connectivity index (χ0n) is 18.2. The van der Waals surface area contributed by atoms with E-state index in [0.29, 0.717) is 31.0 Å². The Morgan fingerprint density at radius 3 is 2.55 bits per heavy atom. The van der Waals surface area contributed by atoms with Crippen LogP contribution >= 0.6 is 11.6 Å². The maximum Gasteiger partial charge on any atom is 0.255 e. The maximum absolute atomic E-state index is 13.7. The summed E-state index contributed by atoms with van der Waals surface area (Å²) in [5.74, 6) is -0.803. The highest BCUT2D eigenvalue weighted by molar-refractivity contribution is 6.30. The van der Waals surface area contributed by atoms with Gasteiger partial charge in [-0.1, -0.05) is 29.8 Å². The SMILES string of the molecule is O=C1CCC(N2Cc3cc(C4CCN(Cc5ccc(Cl)c(F)c5)CC4)ccc3C2=O)C(=O)N1. The third-order valence-electron chi connectivity index (χ3n) is 7.00. The lowest BCUT2D eigenvalue weighted by atomic mass is 9.87. The minimum absolute atomic E-state index is 0.142. The lowest BCUT2D eigenvalue weighted by Crippen LogP contribution is -2.52. The number of nitrogens with one attached hydrogen (secondary N) is 1. The fraction of sp³-hybridized carbons (Fsp3) is 0.400. The molecule has 0 bridgehead atoms. The predicted molar refractivity (Wildman–Crippen MR) is 121 cm³/mol. The molecule has 2 aromatic carbocycles. The van der Waals surface area contributed by atoms with Gasteiger partial charge in [-0.25, -0.2) is 4.39 Å². The lowest BCUT2D eigenvalue weighted by Gasteiger charge is -2.32. The van der Waals surface area contributed by atoms with E-state index in [1.165, 1.54) is 11.6 Å². The number of amides is 3. The molecule has 33 heavy (non-hydrogen) atoms. The molecule has 1 N–H and O–H groups in total. The first-order chi connectivity index (χ1) is 15.9. The lowest BCUT2D eigenvalue weighted by molar-refractivity contribution is -0.136. The second kappa shape index (κ2) is 8.88. The normalized spacial score (nSPS) is 21.9. The van der Waals surface area contributed by atoms with Gasteiger partial charge in [0.1, 0.15) is 11.9 Å². The molecule has 6 nitrogen and oxygen atoms in total. The van der Waals surface area contributed by atoms with Crippen LogP contribution in [0.15, 0.2) is 36.4 Å². The number of nitrogens with zero attached hydrogens (tertiary/aromatic N) is 2. The van der Waals surface area contributed by atoms with Crippen molar-refractivity contribution in [1.82, 2.24) is 15.1 Å². The number of benzene rings is 2. The molecule has 2 saturated heterocycles. The van der Waals surface area contributed by atoms with Gasteiger partial charge >= 0.3 is 0 Å². The van der Waals surface area contributed by atoms with Gasteiger partial charge in [0.15, 0.2) is 0 Å². The Balaban J connectivity index is 1.22. The Labute approximate surface area is 196 Å². The van der Waals surface area contributed by atoms with Crippen LogP contribution in [0.4, 0.5) is 4.39 Å². The number of likely N-dealkylation sites (tertiary alicyclic amines) is 1. The average Bonchev–Trinajstić information content (AvgIpc) is 3.12. The number of fused-ring (bicyclic) bond motifs is 1. The van der Waals surface area contributed by atoms with Gasteiger partial charge in [0.25, 0.3) is 5.91 Å². The molecule has 3 heterocycles. The van der Waals surface area contributed by atoms with Crippen molar-refractivity contribution in [2.24, 2.45) is 0 Å². The van der Waals surface area contributed by atoms with E-state index in [1.807, 2.05) is 18.2 Å². The Morgan fingerprint density at radius 2 is 1.82 bits per heavy atom. The predicted octanol–water partition coefficient (Wildman–Crippen LogP) is 3.62. The second-order valence-corrected chi connectivity index (χ2v) is 9.52. The summed E-state index contributed by atoms with van der Waals surface area (Å²) in [5, 5.41) is 2.48. The summed E-state index contributed by atoms with van der Waals surface area (Å²) in [5.41, 5.74) is 3.72. The first-order valence-electron chi connectivity index (χ1n) is 11.3. The van der Waals surface area contributed by atoms with Crippen LogP contribution in [-0.4, -0.2) is 46.7 Å². The molecule has 0 spiro atoms. The van der Waals surface area contributed by atoms with Gasteiger partial charge in [-0.3, -0.25) is 24.6 Å². The number of hydrogen-bond donors (Lipinski definition) is 1. The maximum atomic E-state index is 13.7. The fourth-order valence-corrected chi connectivity index (χ4v) is 5.29. The first-order valence-corrected chi connectivity index (χ1v) is 11.7. The van der Waals surface area contributed by atoms with Crippen LogP contribution in [0, 0.1) is 5.82 Å². The number of piperidine rings is 2. The molecule has 0 aliphatic carbocycles. The van der Waals surface area contributed by atoms with Gasteiger partial charge in [-0.2, -0.15) is 0 Å². The van der Waals surface area contributed by atoms with Crippen LogP contribution < -0.4 is 5.32 Å². The average molecular weight is 470 g/mol. The van der Waals surface area contributed by atoms with Gasteiger partial charge in [0.05, 0.1) is 5.02 Å². The monoisotopic (exact) mass is 469 g/mol. The number of hydrogen-bond acceptors (Lipinski definition) is 4. The number of imide groups is 1. The third-order valence-corrected chi connectivity index (χ3v) is 7.30. The Morgan fingerprint density at radius 1 is 1.03 bits per heavy atom. The standard InChI is InChI=1S/C25H25ClFN3O3/c26-20-4-1-15(11-21(20)27)13-29-9-7-16(8-10-29)17-2-3-19-18(12-17)14-30(25(19)33)22-5-6-23(31)28-24(22)32/h1-4,11-12,16,22H,5-10,13-14H2,(H,28,31,32). The first kappa shape index (κ1) is 22.0. The summed E-state index contributed by atoms with van der Waals surface area (Å²) >= 11 is 5.78. The highest BCUT2D eigenvalue weighted by Gasteiger charge is 2.39. The van der Waals surface area contributed by atoms with Crippen LogP contribution in [0.25, 0.3) is 0 Å². The van der Waals surface area contributed by atoms with Crippen molar-refractivity contribution < 1.29 is 18.8 Å². The van der Waals surface area contributed by atoms with Crippen LogP contribution in [-0.2, 0) is 22.7 Å². The molecular weight excluding hydrogens is 445 g/mol. The van der Waals surface area contributed by atoms with E-state index in [4.69, 9.17) is 11.6 Å². The summed E-state index contributed by atoms with van der Waals surface area (Å²) in [6.45, 7) is 2.91. The van der Waals surface area contributed by atoms with Crippen molar-refractivity contribution >= 4 is 29.3 Å². The smallest absolute Gasteiger partial charge is 0.255 e. The van der Waals surface area contributed by atoms with Crippen molar-refractivity contribution in [3.05, 3.63) is 69.5 Å². The van der Waals surface area contributed by atoms with E-state index >= 15 is 0 Å². The van der Waals surface area contributed by atoms with E-state index in [2.05, 4.69) is 16.3 Å². The summed E-state index contributed by atoms with van der Waals surface area (Å²) in [4.78, 5) is 40.5. The topological polar surface area (TPSA) is 69.7 Å². The van der Waals surface area contributed by atoms with Crippen LogP contribution in [0.3, 0.4) is 0 Å². The summed E-state index contributed by atoms with van der Waals surface area (Å²) in [6.07, 6.45) is 2.59. The second-order valence-electron chi connectivity index (χ2n) is 9.12. The molecule has 0 radical (unpaired) electrons. The van der Waals surface area contributed by atoms with E-state index in [1.54, 1.807) is 11.0 Å². The molecule has 5 rings (SSSR count). The largest absolute Gasteiger partial charge is 0.322 e. The Hall–Kier alpha value is -2.77. The highest BCUT2D eigenvalue weighted by atomic mass is 35.5. The van der Waals surface area contributed by atoms with Gasteiger partial charge in [-0.15, -0.1) is 0 Å². The van der Waals surface area contributed by atoms with Crippen LogP contribution in [0.5, 0.6) is 0 Å². The molecule has 3 aliphatic heterocycles. The van der Waals surface area contributed by atoms with Crippen molar-refractivity contribution in [3.8, 4) is 0 Å². The Bertz CT molecular complexity index is 1130. The molecular formula is C25H25ClFN3O3. The summed E-state index contributed by atoms with van der Waals surface area (Å²) < 4.78 is 13.7. The molecule has 172 valence electrons. The van der Waals surface area contributed by atoms with E-state index in [-0.39, 0.29) is 35.0 Å². The van der Waals surface area contributed by atoms with Gasteiger partial charge in [0.2, 0.25) is 11.8 Å². The molecule has 1 atom stereocenters. The van der Waals surface area contributed by atoms with E-state index < -0.39 is 6.04 Å². The number of carbonyl (C=O) groups excluding carboxylic acids is 3. The Kier molecular flexibility index (Phi) is 5.93. The van der Waals surface area contributed by atoms with Crippen molar-refractivity contribution in [3.63, 3.8) is 0 Å². The van der Waals surface area contributed by atoms with Crippen molar-refractivity contribution in [1.29, 1.82) is 0 Å². The number of rotatable bonds is 4. The molecule has 3 aliphatic rings. The minimum Gasteiger partial charge on any atom is -0.322 e. The number of carbonyl (C=O) groups is 3. The van der Waals surface area contributed by atoms with Gasteiger partial charge in [-0.05, 0) is 73.2 Å². The molecule has 3 amide bonds. The molecule has 2 aromatic rings. The van der Waals surface area contributed by atoms with E-state index in [9.17, 15) is 18.8 Å². The molecule has 0 saturated carbocycles.